The summed E-state index contributed by atoms with van der Waals surface area (Å²) in [6.07, 6.45) is 24.1. The number of rotatable bonds is 9. The molecular weight excluding hydrogens is 472 g/mol. The summed E-state index contributed by atoms with van der Waals surface area (Å²) in [5.41, 5.74) is 13.1. The molecule has 4 saturated carbocycles. The van der Waals surface area contributed by atoms with Gasteiger partial charge in [-0.3, -0.25) is 0 Å². The smallest absolute Gasteiger partial charge is 0.00773 e. The van der Waals surface area contributed by atoms with Crippen molar-refractivity contribution >= 4 is 0 Å². The van der Waals surface area contributed by atoms with E-state index in [0.717, 1.165) is 48.6 Å². The summed E-state index contributed by atoms with van der Waals surface area (Å²) in [5.74, 6) is 6.09. The van der Waals surface area contributed by atoms with Crippen LogP contribution in [0.1, 0.15) is 165 Å². The molecule has 4 aliphatic carbocycles. The SMILES string of the molecule is C=C(C)CCC(C)C1CCC2C3CCC4CCCCC4(C)C3CCC12C.CC.CCCCCN.CCCCN. The molecule has 4 N–H and O–H groups in total. The molecule has 0 aromatic rings. The van der Waals surface area contributed by atoms with Crippen molar-refractivity contribution in [3.8, 4) is 0 Å². The molecule has 0 spiro atoms. The van der Waals surface area contributed by atoms with Crippen LogP contribution in [0, 0.1) is 46.3 Å². The maximum Gasteiger partial charge on any atom is -0.00773 e. The van der Waals surface area contributed by atoms with Gasteiger partial charge < -0.3 is 11.5 Å². The summed E-state index contributed by atoms with van der Waals surface area (Å²) in [6.45, 7) is 24.4. The molecule has 4 rings (SSSR count). The third-order valence-electron chi connectivity index (χ3n) is 11.7. The topological polar surface area (TPSA) is 52.0 Å². The van der Waals surface area contributed by atoms with Gasteiger partial charge in [0.05, 0.1) is 0 Å². The molecule has 0 bridgehead atoms. The second-order valence-corrected chi connectivity index (χ2v) is 14.2. The van der Waals surface area contributed by atoms with Crippen molar-refractivity contribution in [1.82, 2.24) is 0 Å². The highest BCUT2D eigenvalue weighted by atomic mass is 14.6. The Labute approximate surface area is 247 Å². The van der Waals surface area contributed by atoms with Crippen molar-refractivity contribution in [1.29, 1.82) is 0 Å². The Hall–Kier alpha value is -0.340. The lowest BCUT2D eigenvalue weighted by Gasteiger charge is -2.61. The van der Waals surface area contributed by atoms with Gasteiger partial charge in [0.1, 0.15) is 0 Å². The minimum Gasteiger partial charge on any atom is -0.330 e. The van der Waals surface area contributed by atoms with Gasteiger partial charge in [0.15, 0.2) is 0 Å². The van der Waals surface area contributed by atoms with Gasteiger partial charge in [-0.25, -0.2) is 0 Å². The molecule has 0 aromatic heterocycles. The molecule has 0 saturated heterocycles. The first-order valence-electron chi connectivity index (χ1n) is 17.7. The van der Waals surface area contributed by atoms with Gasteiger partial charge >= 0.3 is 0 Å². The maximum absolute atomic E-state index is 5.21. The second kappa shape index (κ2) is 19.0. The van der Waals surface area contributed by atoms with Crippen molar-refractivity contribution in [2.45, 2.75) is 165 Å². The summed E-state index contributed by atoms with van der Waals surface area (Å²) in [5, 5.41) is 0. The molecule has 0 amide bonds. The molecule has 39 heavy (non-hydrogen) atoms. The fourth-order valence-electron chi connectivity index (χ4n) is 9.54. The van der Waals surface area contributed by atoms with Crippen LogP contribution in [0.5, 0.6) is 0 Å². The van der Waals surface area contributed by atoms with E-state index in [0.29, 0.717) is 10.8 Å². The molecule has 4 aliphatic rings. The number of hydrogen-bond donors (Lipinski definition) is 2. The van der Waals surface area contributed by atoms with Crippen molar-refractivity contribution in [3.63, 3.8) is 0 Å². The Bertz CT molecular complexity index is 637. The predicted molar refractivity (Wildman–Crippen MR) is 177 cm³/mol. The Kier molecular flexibility index (Phi) is 17.8. The van der Waals surface area contributed by atoms with E-state index in [9.17, 15) is 0 Å². The number of unbranched alkanes of at least 4 members (excludes halogenated alkanes) is 3. The molecule has 4 fully saturated rings. The van der Waals surface area contributed by atoms with Gasteiger partial charge in [-0.05, 0) is 143 Å². The zero-order chi connectivity index (χ0) is 29.5. The Balaban J connectivity index is 0.000000493. The van der Waals surface area contributed by atoms with Crippen LogP contribution in [0.25, 0.3) is 0 Å². The van der Waals surface area contributed by atoms with Crippen molar-refractivity contribution in [2.75, 3.05) is 13.1 Å². The molecule has 2 nitrogen and oxygen atoms in total. The third-order valence-corrected chi connectivity index (χ3v) is 11.7. The molecule has 8 atom stereocenters. The Morgan fingerprint density at radius 2 is 1.44 bits per heavy atom. The normalized spacial score (nSPS) is 35.3. The summed E-state index contributed by atoms with van der Waals surface area (Å²) < 4.78 is 0. The summed E-state index contributed by atoms with van der Waals surface area (Å²) in [7, 11) is 0. The van der Waals surface area contributed by atoms with Crippen LogP contribution in [-0.2, 0) is 0 Å². The lowest BCUT2D eigenvalue weighted by molar-refractivity contribution is -0.114. The van der Waals surface area contributed by atoms with Crippen LogP contribution >= 0.6 is 0 Å². The van der Waals surface area contributed by atoms with Crippen LogP contribution in [0.4, 0.5) is 0 Å². The monoisotopic (exact) mass is 547 g/mol. The predicted octanol–water partition coefficient (Wildman–Crippen LogP) is 10.9. The van der Waals surface area contributed by atoms with Crippen LogP contribution in [0.15, 0.2) is 12.2 Å². The number of nitrogens with two attached hydrogens (primary N) is 2. The van der Waals surface area contributed by atoms with E-state index in [1.54, 1.807) is 38.5 Å². The lowest BCUT2D eigenvalue weighted by atomic mass is 9.44. The maximum atomic E-state index is 5.21. The van der Waals surface area contributed by atoms with Gasteiger partial charge in [-0.15, -0.1) is 6.58 Å². The van der Waals surface area contributed by atoms with E-state index < -0.39 is 0 Å². The Morgan fingerprint density at radius 3 is 1.97 bits per heavy atom. The third kappa shape index (κ3) is 9.87. The largest absolute Gasteiger partial charge is 0.330 e. The van der Waals surface area contributed by atoms with E-state index in [-0.39, 0.29) is 0 Å². The molecule has 8 unspecified atom stereocenters. The summed E-state index contributed by atoms with van der Waals surface area (Å²) >= 11 is 0. The van der Waals surface area contributed by atoms with E-state index in [1.165, 1.54) is 76.2 Å². The van der Waals surface area contributed by atoms with Crippen LogP contribution < -0.4 is 11.5 Å². The Morgan fingerprint density at radius 1 is 0.795 bits per heavy atom. The van der Waals surface area contributed by atoms with Crippen LogP contribution in [0.3, 0.4) is 0 Å². The minimum absolute atomic E-state index is 0.646. The first kappa shape index (κ1) is 36.7. The number of hydrogen-bond acceptors (Lipinski definition) is 2. The molecule has 0 aromatic carbocycles. The van der Waals surface area contributed by atoms with Gasteiger partial charge in [0.2, 0.25) is 0 Å². The molecule has 2 heteroatoms. The highest BCUT2D eigenvalue weighted by molar-refractivity contribution is 5.09. The van der Waals surface area contributed by atoms with E-state index in [4.69, 9.17) is 11.5 Å². The van der Waals surface area contributed by atoms with Gasteiger partial charge in [-0.1, -0.05) is 86.1 Å². The van der Waals surface area contributed by atoms with Gasteiger partial charge in [0.25, 0.3) is 0 Å². The fraction of sp³-hybridized carbons (Fsp3) is 0.946. The minimum atomic E-state index is 0.646. The second-order valence-electron chi connectivity index (χ2n) is 14.2. The molecular formula is C37H74N2. The molecule has 0 radical (unpaired) electrons. The fourth-order valence-corrected chi connectivity index (χ4v) is 9.54. The number of fused-ring (bicyclic) bond motifs is 5. The zero-order valence-corrected chi connectivity index (χ0v) is 28.3. The van der Waals surface area contributed by atoms with E-state index in [1.807, 2.05) is 13.8 Å². The highest BCUT2D eigenvalue weighted by Gasteiger charge is 2.60. The molecule has 0 heterocycles. The summed E-state index contributed by atoms with van der Waals surface area (Å²) in [4.78, 5) is 0. The van der Waals surface area contributed by atoms with Gasteiger partial charge in [-0.2, -0.15) is 0 Å². The summed E-state index contributed by atoms with van der Waals surface area (Å²) in [6, 6.07) is 0. The first-order chi connectivity index (χ1) is 18.7. The highest BCUT2D eigenvalue weighted by Crippen LogP contribution is 2.68. The van der Waals surface area contributed by atoms with Gasteiger partial charge in [0, 0.05) is 0 Å². The molecule has 232 valence electrons. The lowest BCUT2D eigenvalue weighted by Crippen LogP contribution is -2.53. The number of allylic oxidation sites excluding steroid dienone is 1. The van der Waals surface area contributed by atoms with Crippen molar-refractivity contribution in [2.24, 2.45) is 57.8 Å². The van der Waals surface area contributed by atoms with E-state index >= 15 is 0 Å². The average Bonchev–Trinajstić information content (AvgIpc) is 3.30. The first-order valence-corrected chi connectivity index (χ1v) is 17.7. The van der Waals surface area contributed by atoms with Crippen LogP contribution in [0.2, 0.25) is 0 Å². The quantitative estimate of drug-likeness (QED) is 0.223. The van der Waals surface area contributed by atoms with Crippen molar-refractivity contribution < 1.29 is 0 Å². The van der Waals surface area contributed by atoms with Crippen LogP contribution in [-0.4, -0.2) is 13.1 Å². The van der Waals surface area contributed by atoms with E-state index in [2.05, 4.69) is 48.1 Å². The zero-order valence-electron chi connectivity index (χ0n) is 28.3. The van der Waals surface area contributed by atoms with Crippen molar-refractivity contribution in [3.05, 3.63) is 12.2 Å². The average molecular weight is 547 g/mol. The molecule has 0 aliphatic heterocycles. The standard InChI is InChI=1S/C26H44.C5H13N.C4H11N.C2H6/c1-18(2)9-10-19(3)22-13-14-23-21-12-11-20-8-6-7-16-25(20,4)24(21)15-17-26(22,23)5;1-2-3-4-5-6;1-2-3-4-5;1-2/h19-24H,1,6-17H2,2-5H3;2-6H2,1H3;2-5H2,1H3;1-2H3.